The summed E-state index contributed by atoms with van der Waals surface area (Å²) in [6.07, 6.45) is 1.54. The molecular weight excluding hydrogens is 238 g/mol. The Bertz CT molecular complexity index is 481. The van der Waals surface area contributed by atoms with E-state index in [0.717, 1.165) is 12.0 Å². The van der Waals surface area contributed by atoms with Gasteiger partial charge in [0.15, 0.2) is 9.84 Å². The molecule has 94 valence electrons. The zero-order valence-corrected chi connectivity index (χ0v) is 10.4. The Labute approximate surface area is 101 Å². The Morgan fingerprint density at radius 3 is 2.53 bits per heavy atom. The number of hydrogen-bond acceptors (Lipinski definition) is 4. The van der Waals surface area contributed by atoms with Gasteiger partial charge >= 0.3 is 0 Å². The molecule has 1 aliphatic heterocycles. The second kappa shape index (κ2) is 4.66. The molecule has 1 aromatic carbocycles. The molecule has 0 aromatic heterocycles. The monoisotopic (exact) mass is 255 g/mol. The summed E-state index contributed by atoms with van der Waals surface area (Å²) in [5.74, 6) is 0.636. The third-order valence-electron chi connectivity index (χ3n) is 3.28. The Morgan fingerprint density at radius 1 is 1.29 bits per heavy atom. The minimum absolute atomic E-state index is 0.0155. The van der Waals surface area contributed by atoms with Gasteiger partial charge in [-0.15, -0.1) is 0 Å². The van der Waals surface area contributed by atoms with Crippen molar-refractivity contribution in [3.63, 3.8) is 0 Å². The normalized spacial score (nSPS) is 25.4. The first-order valence-corrected chi connectivity index (χ1v) is 7.55. The fourth-order valence-electron chi connectivity index (χ4n) is 2.31. The zero-order chi connectivity index (χ0) is 12.5. The average Bonchev–Trinajstić information content (AvgIpc) is 2.28. The lowest BCUT2D eigenvalue weighted by Crippen LogP contribution is -2.33. The number of rotatable bonds is 2. The molecule has 2 unspecified atom stereocenters. The summed E-state index contributed by atoms with van der Waals surface area (Å²) in [7, 11) is -2.92. The molecule has 4 nitrogen and oxygen atoms in total. The van der Waals surface area contributed by atoms with E-state index in [0.29, 0.717) is 6.42 Å². The molecule has 1 heterocycles. The van der Waals surface area contributed by atoms with Crippen molar-refractivity contribution in [3.05, 3.63) is 29.8 Å². The van der Waals surface area contributed by atoms with E-state index in [4.69, 9.17) is 5.73 Å². The first-order chi connectivity index (χ1) is 7.98. The molecule has 0 spiro atoms. The van der Waals surface area contributed by atoms with Gasteiger partial charge in [0.1, 0.15) is 5.75 Å². The van der Waals surface area contributed by atoms with Crippen LogP contribution in [0.3, 0.4) is 0 Å². The van der Waals surface area contributed by atoms with Crippen LogP contribution in [0.4, 0.5) is 0 Å². The number of phenolic OH excluding ortho intramolecular Hbond substituents is 1. The van der Waals surface area contributed by atoms with Crippen LogP contribution in [0.1, 0.15) is 24.4 Å². The Morgan fingerprint density at radius 2 is 1.94 bits per heavy atom. The summed E-state index contributed by atoms with van der Waals surface area (Å²) in [4.78, 5) is 0. The summed E-state index contributed by atoms with van der Waals surface area (Å²) in [6, 6.07) is 6.38. The SMILES string of the molecule is NC(c1ccc(O)cc1)C1CCCS(=O)(=O)C1. The molecule has 0 aliphatic carbocycles. The van der Waals surface area contributed by atoms with Crippen LogP contribution >= 0.6 is 0 Å². The van der Waals surface area contributed by atoms with Crippen LogP contribution in [0.25, 0.3) is 0 Å². The molecule has 5 heteroatoms. The molecule has 0 radical (unpaired) electrons. The summed E-state index contributed by atoms with van der Waals surface area (Å²) < 4.78 is 23.1. The minimum atomic E-state index is -2.92. The highest BCUT2D eigenvalue weighted by molar-refractivity contribution is 7.91. The van der Waals surface area contributed by atoms with Crippen LogP contribution in [-0.4, -0.2) is 25.0 Å². The lowest BCUT2D eigenvalue weighted by atomic mass is 9.91. The average molecular weight is 255 g/mol. The standard InChI is InChI=1S/C12H17NO3S/c13-12(9-3-5-11(14)6-4-9)10-2-1-7-17(15,16)8-10/h3-6,10,12,14H,1-2,7-8,13H2. The molecule has 1 saturated heterocycles. The molecule has 1 aromatic rings. The van der Waals surface area contributed by atoms with Gasteiger partial charge in [-0.3, -0.25) is 0 Å². The summed E-state index contributed by atoms with van der Waals surface area (Å²) in [5.41, 5.74) is 6.97. The van der Waals surface area contributed by atoms with E-state index in [1.165, 1.54) is 0 Å². The first-order valence-electron chi connectivity index (χ1n) is 5.73. The van der Waals surface area contributed by atoms with Gasteiger partial charge in [-0.1, -0.05) is 12.1 Å². The number of benzene rings is 1. The van der Waals surface area contributed by atoms with Gasteiger partial charge in [0, 0.05) is 6.04 Å². The number of nitrogens with two attached hydrogens (primary N) is 1. The fourth-order valence-corrected chi connectivity index (χ4v) is 4.11. The van der Waals surface area contributed by atoms with Gasteiger partial charge in [-0.2, -0.15) is 0 Å². The number of aromatic hydroxyl groups is 1. The third kappa shape index (κ3) is 2.98. The van der Waals surface area contributed by atoms with Gasteiger partial charge in [-0.25, -0.2) is 8.42 Å². The van der Waals surface area contributed by atoms with Crippen molar-refractivity contribution in [2.24, 2.45) is 11.7 Å². The second-order valence-corrected chi connectivity index (χ2v) is 6.86. The third-order valence-corrected chi connectivity index (χ3v) is 5.13. The molecule has 1 aliphatic rings. The first kappa shape index (κ1) is 12.4. The van der Waals surface area contributed by atoms with Gasteiger partial charge in [-0.05, 0) is 36.5 Å². The number of hydrogen-bond donors (Lipinski definition) is 2. The van der Waals surface area contributed by atoms with Crippen LogP contribution in [0, 0.1) is 5.92 Å². The van der Waals surface area contributed by atoms with Crippen molar-refractivity contribution in [1.82, 2.24) is 0 Å². The predicted octanol–water partition coefficient (Wildman–Crippen LogP) is 1.22. The molecule has 0 saturated carbocycles. The van der Waals surface area contributed by atoms with Crippen LogP contribution in [0.5, 0.6) is 5.75 Å². The minimum Gasteiger partial charge on any atom is -0.508 e. The molecule has 0 amide bonds. The largest absolute Gasteiger partial charge is 0.508 e. The van der Waals surface area contributed by atoms with Crippen molar-refractivity contribution in [2.75, 3.05) is 11.5 Å². The highest BCUT2D eigenvalue weighted by Crippen LogP contribution is 2.29. The highest BCUT2D eigenvalue weighted by atomic mass is 32.2. The topological polar surface area (TPSA) is 80.4 Å². The molecule has 1 fully saturated rings. The van der Waals surface area contributed by atoms with Crippen LogP contribution < -0.4 is 5.73 Å². The van der Waals surface area contributed by atoms with Gasteiger partial charge in [0.2, 0.25) is 0 Å². The Balaban J connectivity index is 2.14. The summed E-state index contributed by atoms with van der Waals surface area (Å²) in [6.45, 7) is 0. The zero-order valence-electron chi connectivity index (χ0n) is 9.54. The summed E-state index contributed by atoms with van der Waals surface area (Å²) in [5, 5.41) is 9.20. The second-order valence-electron chi connectivity index (χ2n) is 4.63. The molecule has 3 N–H and O–H groups in total. The van der Waals surface area contributed by atoms with Crippen molar-refractivity contribution in [3.8, 4) is 5.75 Å². The van der Waals surface area contributed by atoms with Gasteiger partial charge < -0.3 is 10.8 Å². The highest BCUT2D eigenvalue weighted by Gasteiger charge is 2.29. The van der Waals surface area contributed by atoms with Crippen LogP contribution in [0.15, 0.2) is 24.3 Å². The van der Waals surface area contributed by atoms with Crippen LogP contribution in [-0.2, 0) is 9.84 Å². The van der Waals surface area contributed by atoms with Crippen molar-refractivity contribution in [1.29, 1.82) is 0 Å². The van der Waals surface area contributed by atoms with Crippen molar-refractivity contribution in [2.45, 2.75) is 18.9 Å². The van der Waals surface area contributed by atoms with E-state index in [-0.39, 0.29) is 29.2 Å². The molecule has 2 atom stereocenters. The molecule has 2 rings (SSSR count). The maximum absolute atomic E-state index is 11.6. The van der Waals surface area contributed by atoms with Crippen LogP contribution in [0.2, 0.25) is 0 Å². The van der Waals surface area contributed by atoms with E-state index in [9.17, 15) is 13.5 Å². The quantitative estimate of drug-likeness (QED) is 0.832. The molecular formula is C12H17NO3S. The lowest BCUT2D eigenvalue weighted by molar-refractivity contribution is 0.414. The van der Waals surface area contributed by atoms with E-state index in [2.05, 4.69) is 0 Å². The van der Waals surface area contributed by atoms with Gasteiger partial charge in [0.05, 0.1) is 11.5 Å². The van der Waals surface area contributed by atoms with Crippen molar-refractivity contribution < 1.29 is 13.5 Å². The maximum Gasteiger partial charge on any atom is 0.150 e. The van der Waals surface area contributed by atoms with E-state index >= 15 is 0 Å². The van der Waals surface area contributed by atoms with E-state index in [1.54, 1.807) is 24.3 Å². The fraction of sp³-hybridized carbons (Fsp3) is 0.500. The number of sulfone groups is 1. The van der Waals surface area contributed by atoms with E-state index < -0.39 is 9.84 Å². The van der Waals surface area contributed by atoms with Crippen molar-refractivity contribution >= 4 is 9.84 Å². The number of phenols is 1. The smallest absolute Gasteiger partial charge is 0.150 e. The Hall–Kier alpha value is -1.07. The Kier molecular flexibility index (Phi) is 3.40. The molecule has 0 bridgehead atoms. The lowest BCUT2D eigenvalue weighted by Gasteiger charge is -2.27. The van der Waals surface area contributed by atoms with Gasteiger partial charge in [0.25, 0.3) is 0 Å². The maximum atomic E-state index is 11.6. The molecule has 17 heavy (non-hydrogen) atoms. The summed E-state index contributed by atoms with van der Waals surface area (Å²) >= 11 is 0. The van der Waals surface area contributed by atoms with E-state index in [1.807, 2.05) is 0 Å². The predicted molar refractivity (Wildman–Crippen MR) is 66.4 cm³/mol.